The molecule has 0 fully saturated rings. The van der Waals surface area contributed by atoms with Gasteiger partial charge in [0.1, 0.15) is 0 Å². The topological polar surface area (TPSA) is 60.1 Å². The van der Waals surface area contributed by atoms with Gasteiger partial charge in [0.2, 0.25) is 0 Å². The van der Waals surface area contributed by atoms with Gasteiger partial charge in [-0.25, -0.2) is 4.39 Å². The molecule has 1 unspecified atom stereocenters. The van der Waals surface area contributed by atoms with E-state index in [9.17, 15) is 4.39 Å². The summed E-state index contributed by atoms with van der Waals surface area (Å²) < 4.78 is 23.7. The van der Waals surface area contributed by atoms with E-state index >= 15 is 0 Å². The third-order valence-corrected chi connectivity index (χ3v) is 3.19. The first-order chi connectivity index (χ1) is 9.17. The first-order valence-electron chi connectivity index (χ1n) is 6.06. The highest BCUT2D eigenvalue weighted by molar-refractivity contribution is 5.80. The maximum Gasteiger partial charge on any atom is 0.192 e. The normalized spacial score (nSPS) is 18.6. The minimum atomic E-state index is -0.378. The van der Waals surface area contributed by atoms with Crippen molar-refractivity contribution in [1.29, 1.82) is 0 Å². The van der Waals surface area contributed by atoms with E-state index < -0.39 is 0 Å². The van der Waals surface area contributed by atoms with Gasteiger partial charge in [0, 0.05) is 13.7 Å². The number of nitrogens with zero attached hydrogens (tertiary/aromatic N) is 2. The number of methoxy groups -OCH3 is 2. The van der Waals surface area contributed by atoms with E-state index in [2.05, 4.69) is 4.99 Å². The number of ether oxygens (including phenoxy) is 2. The van der Waals surface area contributed by atoms with E-state index in [4.69, 9.17) is 15.2 Å². The Morgan fingerprint density at radius 1 is 1.47 bits per heavy atom. The van der Waals surface area contributed by atoms with Crippen LogP contribution in [0.15, 0.2) is 23.2 Å². The van der Waals surface area contributed by atoms with E-state index in [-0.39, 0.29) is 17.6 Å². The van der Waals surface area contributed by atoms with Gasteiger partial charge in [-0.05, 0) is 17.7 Å². The van der Waals surface area contributed by atoms with Crippen molar-refractivity contribution in [1.82, 2.24) is 4.90 Å². The van der Waals surface area contributed by atoms with Crippen molar-refractivity contribution in [2.45, 2.75) is 6.04 Å². The zero-order chi connectivity index (χ0) is 13.8. The highest BCUT2D eigenvalue weighted by Crippen LogP contribution is 2.28. The van der Waals surface area contributed by atoms with Crippen molar-refractivity contribution in [3.8, 4) is 5.75 Å². The molecule has 0 saturated heterocycles. The second-order valence-corrected chi connectivity index (χ2v) is 4.29. The van der Waals surface area contributed by atoms with E-state index in [1.54, 1.807) is 13.2 Å². The summed E-state index contributed by atoms with van der Waals surface area (Å²) in [6.45, 7) is 1.71. The Kier molecular flexibility index (Phi) is 4.21. The van der Waals surface area contributed by atoms with Crippen LogP contribution in [0.2, 0.25) is 0 Å². The van der Waals surface area contributed by atoms with Gasteiger partial charge in [0.15, 0.2) is 17.5 Å². The molecule has 1 aromatic carbocycles. The Hall–Kier alpha value is -1.82. The van der Waals surface area contributed by atoms with E-state index in [0.717, 1.165) is 5.56 Å². The monoisotopic (exact) mass is 267 g/mol. The van der Waals surface area contributed by atoms with Gasteiger partial charge < -0.3 is 20.1 Å². The van der Waals surface area contributed by atoms with Crippen molar-refractivity contribution >= 4 is 5.96 Å². The molecular formula is C13H18FN3O2. The van der Waals surface area contributed by atoms with Crippen LogP contribution >= 0.6 is 0 Å². The second kappa shape index (κ2) is 5.88. The molecule has 6 heteroatoms. The molecule has 0 radical (unpaired) electrons. The Morgan fingerprint density at radius 2 is 2.26 bits per heavy atom. The molecule has 104 valence electrons. The standard InChI is InChI=1S/C13H18FN3O2/c1-18-6-5-17-11(8-16-13(17)15)9-3-4-12(19-2)10(14)7-9/h3-4,7,11H,5-6,8H2,1-2H3,(H2,15,16). The van der Waals surface area contributed by atoms with Crippen LogP contribution in [-0.2, 0) is 4.74 Å². The van der Waals surface area contributed by atoms with Crippen LogP contribution in [0.1, 0.15) is 11.6 Å². The lowest BCUT2D eigenvalue weighted by Crippen LogP contribution is -2.38. The summed E-state index contributed by atoms with van der Waals surface area (Å²) in [6.07, 6.45) is 0. The van der Waals surface area contributed by atoms with Gasteiger partial charge in [-0.3, -0.25) is 4.99 Å². The summed E-state index contributed by atoms with van der Waals surface area (Å²) in [5.74, 6) is 0.328. The third-order valence-electron chi connectivity index (χ3n) is 3.19. The summed E-state index contributed by atoms with van der Waals surface area (Å²) in [4.78, 5) is 6.13. The van der Waals surface area contributed by atoms with Crippen LogP contribution in [0.5, 0.6) is 5.75 Å². The molecule has 2 N–H and O–H groups in total. The smallest absolute Gasteiger partial charge is 0.192 e. The number of halogens is 1. The average Bonchev–Trinajstić information content (AvgIpc) is 2.77. The Labute approximate surface area is 111 Å². The third kappa shape index (κ3) is 2.78. The molecule has 0 aliphatic carbocycles. The van der Waals surface area contributed by atoms with Gasteiger partial charge in [-0.1, -0.05) is 6.07 Å². The first kappa shape index (κ1) is 13.6. The maximum atomic E-state index is 13.7. The van der Waals surface area contributed by atoms with Crippen LogP contribution in [0.3, 0.4) is 0 Å². The fourth-order valence-corrected chi connectivity index (χ4v) is 2.16. The second-order valence-electron chi connectivity index (χ2n) is 4.29. The highest BCUT2D eigenvalue weighted by atomic mass is 19.1. The van der Waals surface area contributed by atoms with Crippen molar-refractivity contribution in [3.05, 3.63) is 29.6 Å². The van der Waals surface area contributed by atoms with Crippen LogP contribution in [-0.4, -0.2) is 44.8 Å². The van der Waals surface area contributed by atoms with E-state index in [1.165, 1.54) is 13.2 Å². The molecule has 1 atom stereocenters. The number of hydrogen-bond acceptors (Lipinski definition) is 5. The molecule has 2 rings (SSSR count). The molecule has 1 aliphatic heterocycles. The molecule has 5 nitrogen and oxygen atoms in total. The predicted molar refractivity (Wildman–Crippen MR) is 70.8 cm³/mol. The zero-order valence-electron chi connectivity index (χ0n) is 11.1. The maximum absolute atomic E-state index is 13.7. The molecule has 1 aromatic rings. The molecule has 0 saturated carbocycles. The molecule has 0 bridgehead atoms. The van der Waals surface area contributed by atoms with Crippen molar-refractivity contribution in [2.75, 3.05) is 33.9 Å². The molecular weight excluding hydrogens is 249 g/mol. The van der Waals surface area contributed by atoms with Gasteiger partial charge in [-0.15, -0.1) is 0 Å². The number of guanidine groups is 1. The Balaban J connectivity index is 2.18. The largest absolute Gasteiger partial charge is 0.494 e. The molecule has 1 heterocycles. The lowest BCUT2D eigenvalue weighted by atomic mass is 10.1. The molecule has 0 aromatic heterocycles. The highest BCUT2D eigenvalue weighted by Gasteiger charge is 2.27. The minimum Gasteiger partial charge on any atom is -0.494 e. The fourth-order valence-electron chi connectivity index (χ4n) is 2.16. The summed E-state index contributed by atoms with van der Waals surface area (Å²) in [5, 5.41) is 0. The molecule has 0 spiro atoms. The van der Waals surface area contributed by atoms with Crippen molar-refractivity contribution in [2.24, 2.45) is 10.7 Å². The summed E-state index contributed by atoms with van der Waals surface area (Å²) in [6, 6.07) is 4.88. The quantitative estimate of drug-likeness (QED) is 0.869. The zero-order valence-corrected chi connectivity index (χ0v) is 11.1. The summed E-state index contributed by atoms with van der Waals surface area (Å²) in [7, 11) is 3.07. The summed E-state index contributed by atoms with van der Waals surface area (Å²) in [5.41, 5.74) is 6.68. The van der Waals surface area contributed by atoms with E-state index in [0.29, 0.717) is 25.7 Å². The fraction of sp³-hybridized carbons (Fsp3) is 0.462. The van der Waals surface area contributed by atoms with Gasteiger partial charge in [0.25, 0.3) is 0 Å². The lowest BCUT2D eigenvalue weighted by molar-refractivity contribution is 0.166. The number of hydrogen-bond donors (Lipinski definition) is 1. The summed E-state index contributed by atoms with van der Waals surface area (Å²) >= 11 is 0. The molecule has 0 amide bonds. The van der Waals surface area contributed by atoms with Crippen LogP contribution in [0.25, 0.3) is 0 Å². The molecule has 19 heavy (non-hydrogen) atoms. The SMILES string of the molecule is COCCN1C(N)=NCC1c1ccc(OC)c(F)c1. The van der Waals surface area contributed by atoms with Gasteiger partial charge in [-0.2, -0.15) is 0 Å². The molecule has 1 aliphatic rings. The van der Waals surface area contributed by atoms with Crippen molar-refractivity contribution in [3.63, 3.8) is 0 Å². The van der Waals surface area contributed by atoms with Crippen LogP contribution in [0, 0.1) is 5.82 Å². The van der Waals surface area contributed by atoms with E-state index in [1.807, 2.05) is 11.0 Å². The van der Waals surface area contributed by atoms with Gasteiger partial charge in [0.05, 0.1) is 26.3 Å². The minimum absolute atomic E-state index is 0.0458. The number of benzene rings is 1. The Morgan fingerprint density at radius 3 is 2.89 bits per heavy atom. The lowest BCUT2D eigenvalue weighted by Gasteiger charge is -2.26. The van der Waals surface area contributed by atoms with Crippen LogP contribution < -0.4 is 10.5 Å². The number of aliphatic imine (C=N–C) groups is 1. The first-order valence-corrected chi connectivity index (χ1v) is 6.06. The van der Waals surface area contributed by atoms with Crippen LogP contribution in [0.4, 0.5) is 4.39 Å². The average molecular weight is 267 g/mol. The predicted octanol–water partition coefficient (Wildman–Crippen LogP) is 1.15. The number of nitrogens with two attached hydrogens (primary N) is 1. The number of rotatable bonds is 5. The Bertz CT molecular complexity index is 479. The van der Waals surface area contributed by atoms with Crippen molar-refractivity contribution < 1.29 is 13.9 Å². The van der Waals surface area contributed by atoms with Gasteiger partial charge >= 0.3 is 0 Å².